The summed E-state index contributed by atoms with van der Waals surface area (Å²) in [5, 5.41) is 9.76. The number of amides is 1. The van der Waals surface area contributed by atoms with E-state index >= 15 is 0 Å². The van der Waals surface area contributed by atoms with E-state index in [1.165, 1.54) is 0 Å². The summed E-state index contributed by atoms with van der Waals surface area (Å²) in [6.07, 6.45) is 1.53. The zero-order valence-electron chi connectivity index (χ0n) is 15.8. The highest BCUT2D eigenvalue weighted by Crippen LogP contribution is 2.17. The second-order valence-corrected chi connectivity index (χ2v) is 6.88. The summed E-state index contributed by atoms with van der Waals surface area (Å²) in [4.78, 5) is 24.3. The van der Waals surface area contributed by atoms with Gasteiger partial charge in [0.25, 0.3) is 0 Å². The lowest BCUT2D eigenvalue weighted by Crippen LogP contribution is -2.49. The molecule has 2 N–H and O–H groups in total. The third-order valence-corrected chi connectivity index (χ3v) is 5.00. The van der Waals surface area contributed by atoms with Crippen LogP contribution in [0.1, 0.15) is 25.5 Å². The van der Waals surface area contributed by atoms with Crippen LogP contribution in [0.15, 0.2) is 10.4 Å². The number of hydrogen-bond acceptors (Lipinski definition) is 6. The van der Waals surface area contributed by atoms with Crippen molar-refractivity contribution in [2.45, 2.75) is 32.4 Å². The Hall–Kier alpha value is -1.30. The lowest BCUT2D eigenvalue weighted by molar-refractivity contribution is 0.0963. The van der Waals surface area contributed by atoms with Gasteiger partial charge in [0.05, 0.1) is 18.8 Å². The third-order valence-electron chi connectivity index (χ3n) is 3.94. The number of aromatic nitrogens is 1. The first kappa shape index (κ1) is 22.7. The molecule has 1 saturated heterocycles. The van der Waals surface area contributed by atoms with Gasteiger partial charge in [0, 0.05) is 45.7 Å². The Morgan fingerprint density at radius 1 is 1.46 bits per heavy atom. The number of ether oxygens (including phenoxy) is 1. The zero-order chi connectivity index (χ0) is 18.2. The van der Waals surface area contributed by atoms with Crippen LogP contribution in [0, 0.1) is 0 Å². The fourth-order valence-electron chi connectivity index (χ4n) is 2.57. The van der Waals surface area contributed by atoms with Crippen molar-refractivity contribution in [3.8, 4) is 0 Å². The molecule has 10 heteroatoms. The van der Waals surface area contributed by atoms with Crippen molar-refractivity contribution in [2.75, 3.05) is 45.7 Å². The van der Waals surface area contributed by atoms with Gasteiger partial charge in [-0.25, -0.2) is 9.78 Å². The maximum atomic E-state index is 11.7. The maximum absolute atomic E-state index is 11.7. The normalized spacial score (nSPS) is 15.2. The van der Waals surface area contributed by atoms with Crippen LogP contribution in [-0.4, -0.2) is 68.8 Å². The molecule has 148 valence electrons. The van der Waals surface area contributed by atoms with Crippen molar-refractivity contribution >= 4 is 52.5 Å². The van der Waals surface area contributed by atoms with Gasteiger partial charge in [0.2, 0.25) is 0 Å². The average molecular weight is 496 g/mol. The number of anilines is 1. The molecule has 1 aliphatic heterocycles. The molecule has 0 unspecified atom stereocenters. The lowest BCUT2D eigenvalue weighted by atomic mass is 10.1. The molecule has 1 aromatic heterocycles. The summed E-state index contributed by atoms with van der Waals surface area (Å²) in [7, 11) is 5.73. The van der Waals surface area contributed by atoms with E-state index in [2.05, 4.69) is 20.6 Å². The van der Waals surface area contributed by atoms with Gasteiger partial charge < -0.3 is 25.2 Å². The number of aliphatic imine (C=N–C) groups is 1. The van der Waals surface area contributed by atoms with E-state index in [4.69, 9.17) is 4.74 Å². The van der Waals surface area contributed by atoms with Crippen LogP contribution in [0.4, 0.5) is 9.93 Å². The van der Waals surface area contributed by atoms with Crippen LogP contribution < -0.4 is 15.5 Å². The number of hydrogen-bond donors (Lipinski definition) is 2. The highest BCUT2D eigenvalue weighted by molar-refractivity contribution is 14.0. The molecule has 2 rings (SSSR count). The number of nitrogens with zero attached hydrogens (tertiary/aromatic N) is 4. The first-order valence-electron chi connectivity index (χ1n) is 8.54. The smallest absolute Gasteiger partial charge is 0.409 e. The van der Waals surface area contributed by atoms with E-state index in [1.807, 2.05) is 31.3 Å². The van der Waals surface area contributed by atoms with Gasteiger partial charge in [-0.1, -0.05) is 0 Å². The molecule has 0 aromatic carbocycles. The van der Waals surface area contributed by atoms with E-state index < -0.39 is 0 Å². The molecule has 2 heterocycles. The Kier molecular flexibility index (Phi) is 9.99. The number of nitrogens with one attached hydrogen (secondary N) is 2. The first-order chi connectivity index (χ1) is 12.0. The molecular formula is C16H29IN6O2S. The van der Waals surface area contributed by atoms with E-state index in [-0.39, 0.29) is 30.1 Å². The molecule has 0 radical (unpaired) electrons. The summed E-state index contributed by atoms with van der Waals surface area (Å²) in [5.41, 5.74) is 0.994. The molecule has 0 bridgehead atoms. The molecule has 1 aliphatic rings. The zero-order valence-corrected chi connectivity index (χ0v) is 19.0. The molecule has 0 saturated carbocycles. The van der Waals surface area contributed by atoms with Gasteiger partial charge >= 0.3 is 6.09 Å². The molecule has 0 atom stereocenters. The Morgan fingerprint density at radius 2 is 2.15 bits per heavy atom. The molecule has 26 heavy (non-hydrogen) atoms. The van der Waals surface area contributed by atoms with Crippen molar-refractivity contribution in [2.24, 2.45) is 4.99 Å². The standard InChI is InChI=1S/C16H28N6O2S.HI/c1-5-24-16(23)22-8-6-12(7-9-22)19-14(17-2)18-10-13-11-25-15(20-13)21(3)4;/h11-12H,5-10H2,1-4H3,(H2,17,18,19);1H. The van der Waals surface area contributed by atoms with Crippen molar-refractivity contribution in [1.82, 2.24) is 20.5 Å². The highest BCUT2D eigenvalue weighted by atomic mass is 127. The molecule has 0 spiro atoms. The molecule has 8 nitrogen and oxygen atoms in total. The topological polar surface area (TPSA) is 82.1 Å². The van der Waals surface area contributed by atoms with Crippen LogP contribution in [0.5, 0.6) is 0 Å². The quantitative estimate of drug-likeness (QED) is 0.369. The van der Waals surface area contributed by atoms with E-state index in [0.717, 1.165) is 29.6 Å². The van der Waals surface area contributed by atoms with Crippen LogP contribution in [0.2, 0.25) is 0 Å². The number of guanidine groups is 1. The Bertz CT molecular complexity index is 587. The summed E-state index contributed by atoms with van der Waals surface area (Å²) < 4.78 is 5.05. The Balaban J connectivity index is 0.00000338. The van der Waals surface area contributed by atoms with E-state index in [9.17, 15) is 4.79 Å². The van der Waals surface area contributed by atoms with Crippen molar-refractivity contribution in [3.05, 3.63) is 11.1 Å². The maximum Gasteiger partial charge on any atom is 0.409 e. The molecule has 1 fully saturated rings. The second-order valence-electron chi connectivity index (χ2n) is 6.05. The van der Waals surface area contributed by atoms with E-state index in [1.54, 1.807) is 23.3 Å². The van der Waals surface area contributed by atoms with Crippen molar-refractivity contribution in [1.29, 1.82) is 0 Å². The minimum absolute atomic E-state index is 0. The lowest BCUT2D eigenvalue weighted by Gasteiger charge is -2.32. The van der Waals surface area contributed by atoms with Crippen LogP contribution in [0.25, 0.3) is 0 Å². The first-order valence-corrected chi connectivity index (χ1v) is 9.42. The van der Waals surface area contributed by atoms with Gasteiger partial charge in [-0.3, -0.25) is 4.99 Å². The van der Waals surface area contributed by atoms with Crippen molar-refractivity contribution < 1.29 is 9.53 Å². The second kappa shape index (κ2) is 11.4. The Labute approximate surface area is 176 Å². The largest absolute Gasteiger partial charge is 0.450 e. The summed E-state index contributed by atoms with van der Waals surface area (Å²) in [6.45, 7) is 4.27. The monoisotopic (exact) mass is 496 g/mol. The number of thiazole rings is 1. The fraction of sp³-hybridized carbons (Fsp3) is 0.688. The minimum atomic E-state index is -0.219. The number of rotatable bonds is 5. The average Bonchev–Trinajstić information content (AvgIpc) is 3.08. The Morgan fingerprint density at radius 3 is 2.69 bits per heavy atom. The molecule has 1 amide bonds. The fourth-order valence-corrected chi connectivity index (χ4v) is 3.32. The van der Waals surface area contributed by atoms with Crippen LogP contribution in [0.3, 0.4) is 0 Å². The molecule has 1 aromatic rings. The number of carbonyl (C=O) groups is 1. The van der Waals surface area contributed by atoms with Gasteiger partial charge in [0.1, 0.15) is 0 Å². The number of halogens is 1. The van der Waals surface area contributed by atoms with E-state index in [0.29, 0.717) is 32.3 Å². The predicted octanol–water partition coefficient (Wildman–Crippen LogP) is 2.11. The van der Waals surface area contributed by atoms with Gasteiger partial charge in [0.15, 0.2) is 11.1 Å². The van der Waals surface area contributed by atoms with Crippen molar-refractivity contribution in [3.63, 3.8) is 0 Å². The predicted molar refractivity (Wildman–Crippen MR) is 117 cm³/mol. The SMILES string of the molecule is CCOC(=O)N1CCC(NC(=NC)NCc2csc(N(C)C)n2)CC1.I. The van der Waals surface area contributed by atoms with Gasteiger partial charge in [-0.05, 0) is 19.8 Å². The summed E-state index contributed by atoms with van der Waals surface area (Å²) in [5.74, 6) is 0.758. The highest BCUT2D eigenvalue weighted by Gasteiger charge is 2.24. The molecule has 0 aliphatic carbocycles. The summed E-state index contributed by atoms with van der Waals surface area (Å²) >= 11 is 1.62. The molecular weight excluding hydrogens is 467 g/mol. The van der Waals surface area contributed by atoms with Crippen LogP contribution >= 0.6 is 35.3 Å². The van der Waals surface area contributed by atoms with Gasteiger partial charge in [-0.2, -0.15) is 0 Å². The number of likely N-dealkylation sites (tertiary alicyclic amines) is 1. The third kappa shape index (κ3) is 6.78. The van der Waals surface area contributed by atoms with Crippen LogP contribution in [-0.2, 0) is 11.3 Å². The van der Waals surface area contributed by atoms with Gasteiger partial charge in [-0.15, -0.1) is 35.3 Å². The number of piperidine rings is 1. The summed E-state index contributed by atoms with van der Waals surface area (Å²) in [6, 6.07) is 0.296. The number of carbonyl (C=O) groups excluding carboxylic acids is 1. The minimum Gasteiger partial charge on any atom is -0.450 e.